The van der Waals surface area contributed by atoms with E-state index in [1.54, 1.807) is 0 Å². The van der Waals surface area contributed by atoms with Crippen LogP contribution in [0.25, 0.3) is 0 Å². The van der Waals surface area contributed by atoms with E-state index in [4.69, 9.17) is 5.11 Å². The fourth-order valence-electron chi connectivity index (χ4n) is 2.15. The predicted molar refractivity (Wildman–Crippen MR) is 61.6 cm³/mol. The first-order chi connectivity index (χ1) is 8.82. The Balaban J connectivity index is 2.40. The fourth-order valence-corrected chi connectivity index (χ4v) is 2.15. The van der Waals surface area contributed by atoms with E-state index in [9.17, 15) is 23.4 Å². The minimum atomic E-state index is -4.56. The van der Waals surface area contributed by atoms with Crippen molar-refractivity contribution in [2.24, 2.45) is 0 Å². The molecule has 0 bridgehead atoms. The Hall–Kier alpha value is -1.31. The lowest BCUT2D eigenvalue weighted by Gasteiger charge is -2.23. The Morgan fingerprint density at radius 1 is 1.16 bits per heavy atom. The number of hydrogen-bond acceptors (Lipinski definition) is 4. The molecule has 7 heteroatoms. The number of alkyl halides is 3. The average Bonchev–Trinajstić information content (AvgIpc) is 2.67. The van der Waals surface area contributed by atoms with Gasteiger partial charge in [0.15, 0.2) is 0 Å². The lowest BCUT2D eigenvalue weighted by atomic mass is 10.1. The summed E-state index contributed by atoms with van der Waals surface area (Å²) >= 11 is 0. The topological polar surface area (TPSA) is 63.9 Å². The van der Waals surface area contributed by atoms with Crippen molar-refractivity contribution in [2.45, 2.75) is 25.0 Å². The molecule has 19 heavy (non-hydrogen) atoms. The quantitative estimate of drug-likeness (QED) is 0.746. The summed E-state index contributed by atoms with van der Waals surface area (Å²) in [6, 6.07) is 3.52. The van der Waals surface area contributed by atoms with E-state index in [2.05, 4.69) is 0 Å². The number of β-amino-alcohol motifs (C(OH)–C–C–N with tert-alkyl or cyclic N) is 2. The lowest BCUT2D eigenvalue weighted by Crippen LogP contribution is -2.24. The Bertz CT molecular complexity index is 454. The van der Waals surface area contributed by atoms with Crippen molar-refractivity contribution in [3.8, 4) is 0 Å². The zero-order chi connectivity index (χ0) is 14.2. The number of aliphatic hydroxyl groups excluding tert-OH is 3. The molecule has 1 fully saturated rings. The summed E-state index contributed by atoms with van der Waals surface area (Å²) in [6.07, 6.45) is -6.67. The van der Waals surface area contributed by atoms with Gasteiger partial charge in [-0.15, -0.1) is 0 Å². The first kappa shape index (κ1) is 14.1. The number of benzene rings is 1. The van der Waals surface area contributed by atoms with E-state index >= 15 is 0 Å². The number of hydrogen-bond donors (Lipinski definition) is 3. The summed E-state index contributed by atoms with van der Waals surface area (Å²) in [5, 5.41) is 27.7. The molecule has 1 heterocycles. The molecule has 0 saturated carbocycles. The molecule has 0 aliphatic carbocycles. The second kappa shape index (κ2) is 4.99. The van der Waals surface area contributed by atoms with Crippen LogP contribution in [-0.4, -0.2) is 40.6 Å². The third-order valence-electron chi connectivity index (χ3n) is 3.15. The molecule has 1 aliphatic heterocycles. The molecule has 4 nitrogen and oxygen atoms in total. The Morgan fingerprint density at radius 2 is 1.74 bits per heavy atom. The van der Waals surface area contributed by atoms with Crippen LogP contribution in [0.3, 0.4) is 0 Å². The molecule has 3 N–H and O–H groups in total. The van der Waals surface area contributed by atoms with Crippen molar-refractivity contribution in [2.75, 3.05) is 18.0 Å². The van der Waals surface area contributed by atoms with Gasteiger partial charge in [-0.2, -0.15) is 13.2 Å². The number of nitrogens with zero attached hydrogens (tertiary/aromatic N) is 1. The smallest absolute Gasteiger partial charge is 0.392 e. The van der Waals surface area contributed by atoms with Gasteiger partial charge in [0, 0.05) is 18.8 Å². The van der Waals surface area contributed by atoms with Gasteiger partial charge < -0.3 is 20.2 Å². The Kier molecular flexibility index (Phi) is 3.71. The average molecular weight is 277 g/mol. The van der Waals surface area contributed by atoms with Crippen LogP contribution in [-0.2, 0) is 12.8 Å². The van der Waals surface area contributed by atoms with Crippen molar-refractivity contribution in [3.63, 3.8) is 0 Å². The third kappa shape index (κ3) is 2.83. The number of halogens is 3. The summed E-state index contributed by atoms with van der Waals surface area (Å²) < 4.78 is 38.9. The maximum Gasteiger partial charge on any atom is 0.418 e. The molecule has 1 aromatic carbocycles. The molecule has 1 aliphatic rings. The van der Waals surface area contributed by atoms with E-state index in [0.29, 0.717) is 0 Å². The normalized spacial score (nSPS) is 24.0. The Morgan fingerprint density at radius 3 is 2.21 bits per heavy atom. The first-order valence-electron chi connectivity index (χ1n) is 5.75. The van der Waals surface area contributed by atoms with Gasteiger partial charge in [-0.3, -0.25) is 0 Å². The van der Waals surface area contributed by atoms with Crippen molar-refractivity contribution in [1.29, 1.82) is 0 Å². The van der Waals surface area contributed by atoms with Crippen LogP contribution in [0.1, 0.15) is 11.1 Å². The van der Waals surface area contributed by atoms with Crippen LogP contribution < -0.4 is 4.90 Å². The number of aliphatic hydroxyl groups is 3. The standard InChI is InChI=1S/C12H14F3NO3/c13-12(14,15)8-3-7(6-17)1-2-9(8)16-4-10(18)11(19)5-16/h1-3,10-11,17-19H,4-6H2. The molecular weight excluding hydrogens is 263 g/mol. The molecular formula is C12H14F3NO3. The zero-order valence-electron chi connectivity index (χ0n) is 9.93. The van der Waals surface area contributed by atoms with Crippen molar-refractivity contribution in [1.82, 2.24) is 0 Å². The van der Waals surface area contributed by atoms with Gasteiger partial charge in [-0.25, -0.2) is 0 Å². The second-order valence-electron chi connectivity index (χ2n) is 4.55. The molecule has 1 saturated heterocycles. The lowest BCUT2D eigenvalue weighted by molar-refractivity contribution is -0.137. The molecule has 2 atom stereocenters. The van der Waals surface area contributed by atoms with Gasteiger partial charge in [0.2, 0.25) is 0 Å². The molecule has 0 aromatic heterocycles. The van der Waals surface area contributed by atoms with E-state index in [1.165, 1.54) is 17.0 Å². The number of rotatable bonds is 2. The largest absolute Gasteiger partial charge is 0.418 e. The van der Waals surface area contributed by atoms with Crippen LogP contribution in [0.5, 0.6) is 0 Å². The highest BCUT2D eigenvalue weighted by Gasteiger charge is 2.38. The van der Waals surface area contributed by atoms with Gasteiger partial charge in [0.25, 0.3) is 0 Å². The highest BCUT2D eigenvalue weighted by atomic mass is 19.4. The maximum atomic E-state index is 13.0. The van der Waals surface area contributed by atoms with E-state index in [0.717, 1.165) is 6.07 Å². The number of anilines is 1. The van der Waals surface area contributed by atoms with Crippen LogP contribution in [0, 0.1) is 0 Å². The Labute approximate surface area is 107 Å². The molecule has 106 valence electrons. The summed E-state index contributed by atoms with van der Waals surface area (Å²) in [5.41, 5.74) is -0.808. The van der Waals surface area contributed by atoms with Gasteiger partial charge in [0.05, 0.1) is 24.4 Å². The minimum absolute atomic E-state index is 0.0529. The second-order valence-corrected chi connectivity index (χ2v) is 4.55. The summed E-state index contributed by atoms with van der Waals surface area (Å²) in [7, 11) is 0. The van der Waals surface area contributed by atoms with Gasteiger partial charge in [-0.05, 0) is 17.7 Å². The third-order valence-corrected chi connectivity index (χ3v) is 3.15. The summed E-state index contributed by atoms with van der Waals surface area (Å²) in [5.74, 6) is 0. The highest BCUT2D eigenvalue weighted by molar-refractivity contribution is 5.57. The van der Waals surface area contributed by atoms with Gasteiger partial charge in [0.1, 0.15) is 0 Å². The van der Waals surface area contributed by atoms with Crippen LogP contribution in [0.2, 0.25) is 0 Å². The minimum Gasteiger partial charge on any atom is -0.392 e. The highest BCUT2D eigenvalue weighted by Crippen LogP contribution is 2.38. The SMILES string of the molecule is OCc1ccc(N2CC(O)C(O)C2)c(C(F)(F)F)c1. The molecule has 0 spiro atoms. The summed E-state index contributed by atoms with van der Waals surface area (Å²) in [4.78, 5) is 1.29. The van der Waals surface area contributed by atoms with Crippen LogP contribution >= 0.6 is 0 Å². The van der Waals surface area contributed by atoms with E-state index < -0.39 is 30.6 Å². The van der Waals surface area contributed by atoms with Crippen LogP contribution in [0.15, 0.2) is 18.2 Å². The van der Waals surface area contributed by atoms with Gasteiger partial charge >= 0.3 is 6.18 Å². The first-order valence-corrected chi connectivity index (χ1v) is 5.75. The van der Waals surface area contributed by atoms with Crippen molar-refractivity contribution < 1.29 is 28.5 Å². The van der Waals surface area contributed by atoms with Crippen molar-refractivity contribution in [3.05, 3.63) is 29.3 Å². The monoisotopic (exact) mass is 277 g/mol. The van der Waals surface area contributed by atoms with E-state index in [-0.39, 0.29) is 24.3 Å². The molecule has 2 unspecified atom stereocenters. The van der Waals surface area contributed by atoms with E-state index in [1.807, 2.05) is 0 Å². The van der Waals surface area contributed by atoms with Crippen molar-refractivity contribution >= 4 is 5.69 Å². The maximum absolute atomic E-state index is 13.0. The predicted octanol–water partition coefficient (Wildman–Crippen LogP) is 0.739. The molecule has 0 amide bonds. The van der Waals surface area contributed by atoms with Crippen LogP contribution in [0.4, 0.5) is 18.9 Å². The molecule has 0 radical (unpaired) electrons. The molecule has 2 rings (SSSR count). The van der Waals surface area contributed by atoms with Gasteiger partial charge in [-0.1, -0.05) is 6.07 Å². The molecule has 1 aromatic rings. The summed E-state index contributed by atoms with van der Waals surface area (Å²) in [6.45, 7) is -0.583. The zero-order valence-corrected chi connectivity index (χ0v) is 9.93. The fraction of sp³-hybridized carbons (Fsp3) is 0.500.